The van der Waals surface area contributed by atoms with Crippen LogP contribution in [0.25, 0.3) is 0 Å². The molecule has 0 saturated heterocycles. The zero-order valence-electron chi connectivity index (χ0n) is 11.4. The van der Waals surface area contributed by atoms with E-state index in [1.807, 2.05) is 11.3 Å². The number of nitrogens with zero attached hydrogens (tertiary/aromatic N) is 1. The quantitative estimate of drug-likeness (QED) is 0.865. The number of hydrogen-bond acceptors (Lipinski definition) is 3. The van der Waals surface area contributed by atoms with E-state index >= 15 is 0 Å². The first-order valence-electron chi connectivity index (χ1n) is 6.36. The fourth-order valence-electron chi connectivity index (χ4n) is 2.18. The van der Waals surface area contributed by atoms with Crippen LogP contribution in [0, 0.1) is 19.8 Å². The van der Waals surface area contributed by atoms with Gasteiger partial charge in [0.25, 0.3) is 0 Å². The molecule has 2 aromatic rings. The summed E-state index contributed by atoms with van der Waals surface area (Å²) in [6, 6.07) is 4.74. The number of rotatable bonds is 5. The Labute approximate surface area is 113 Å². The maximum atomic E-state index is 4.24. The van der Waals surface area contributed by atoms with Gasteiger partial charge in [-0.3, -0.25) is 5.10 Å². The van der Waals surface area contributed by atoms with Gasteiger partial charge in [-0.2, -0.15) is 5.10 Å². The van der Waals surface area contributed by atoms with Crippen LogP contribution in [0.4, 0.5) is 0 Å². The third-order valence-corrected chi connectivity index (χ3v) is 4.25. The molecule has 2 N–H and O–H groups in total. The first-order valence-corrected chi connectivity index (χ1v) is 7.24. The largest absolute Gasteiger partial charge is 0.305 e. The summed E-state index contributed by atoms with van der Waals surface area (Å²) < 4.78 is 0. The van der Waals surface area contributed by atoms with Crippen molar-refractivity contribution in [2.24, 2.45) is 5.92 Å². The van der Waals surface area contributed by atoms with Gasteiger partial charge in [0.1, 0.15) is 0 Å². The summed E-state index contributed by atoms with van der Waals surface area (Å²) in [7, 11) is 0. The summed E-state index contributed by atoms with van der Waals surface area (Å²) in [4.78, 5) is 1.41. The highest BCUT2D eigenvalue weighted by molar-refractivity contribution is 7.10. The molecule has 2 rings (SSSR count). The van der Waals surface area contributed by atoms with E-state index in [0.717, 1.165) is 17.9 Å². The van der Waals surface area contributed by atoms with Crippen LogP contribution >= 0.6 is 11.3 Å². The van der Waals surface area contributed by atoms with Gasteiger partial charge in [0.2, 0.25) is 0 Å². The molecule has 0 aromatic carbocycles. The van der Waals surface area contributed by atoms with Gasteiger partial charge in [-0.1, -0.05) is 19.9 Å². The molecule has 0 aliphatic rings. The number of aromatic amines is 1. The summed E-state index contributed by atoms with van der Waals surface area (Å²) in [6.45, 7) is 9.51. The van der Waals surface area contributed by atoms with Crippen LogP contribution in [0.3, 0.4) is 0 Å². The first kappa shape index (κ1) is 13.3. The number of hydrogen-bond donors (Lipinski definition) is 2. The second kappa shape index (κ2) is 5.67. The molecule has 98 valence electrons. The van der Waals surface area contributed by atoms with E-state index in [1.54, 1.807) is 0 Å². The zero-order valence-corrected chi connectivity index (χ0v) is 12.3. The van der Waals surface area contributed by atoms with Crippen LogP contribution in [-0.2, 0) is 6.54 Å². The van der Waals surface area contributed by atoms with Crippen molar-refractivity contribution in [1.82, 2.24) is 15.5 Å². The van der Waals surface area contributed by atoms with E-state index in [0.29, 0.717) is 12.0 Å². The van der Waals surface area contributed by atoms with Crippen molar-refractivity contribution in [2.75, 3.05) is 0 Å². The predicted molar refractivity (Wildman–Crippen MR) is 76.8 cm³/mol. The molecule has 0 bridgehead atoms. The molecule has 0 aliphatic heterocycles. The van der Waals surface area contributed by atoms with E-state index in [-0.39, 0.29) is 0 Å². The van der Waals surface area contributed by atoms with Gasteiger partial charge < -0.3 is 5.32 Å². The Morgan fingerprint density at radius 1 is 1.39 bits per heavy atom. The minimum atomic E-state index is 0.415. The van der Waals surface area contributed by atoms with Gasteiger partial charge in [-0.15, -0.1) is 11.3 Å². The van der Waals surface area contributed by atoms with E-state index in [2.05, 4.69) is 60.7 Å². The molecule has 2 aromatic heterocycles. The number of thiophene rings is 1. The summed E-state index contributed by atoms with van der Waals surface area (Å²) in [6.07, 6.45) is 0. The molecule has 0 aliphatic carbocycles. The van der Waals surface area contributed by atoms with Crippen LogP contribution in [0.15, 0.2) is 17.5 Å². The van der Waals surface area contributed by atoms with Gasteiger partial charge in [0.05, 0.1) is 5.69 Å². The average Bonchev–Trinajstić information content (AvgIpc) is 2.93. The van der Waals surface area contributed by atoms with Crippen molar-refractivity contribution >= 4 is 11.3 Å². The standard InChI is InChI=1S/C14H21N3S/c1-9(2)14(13-6-5-7-18-13)15-8-12-10(3)16-17-11(12)4/h5-7,9,14-15H,8H2,1-4H3,(H,16,17). The van der Waals surface area contributed by atoms with Crippen LogP contribution in [0.5, 0.6) is 0 Å². The molecule has 4 heteroatoms. The topological polar surface area (TPSA) is 40.7 Å². The Kier molecular flexibility index (Phi) is 4.19. The number of aromatic nitrogens is 2. The number of H-pyrrole nitrogens is 1. The SMILES string of the molecule is Cc1n[nH]c(C)c1CNC(c1cccs1)C(C)C. The van der Waals surface area contributed by atoms with Gasteiger partial charge in [-0.25, -0.2) is 0 Å². The highest BCUT2D eigenvalue weighted by Crippen LogP contribution is 2.26. The highest BCUT2D eigenvalue weighted by Gasteiger charge is 2.17. The van der Waals surface area contributed by atoms with Crippen LogP contribution < -0.4 is 5.32 Å². The Bertz CT molecular complexity index is 466. The predicted octanol–water partition coefficient (Wildman–Crippen LogP) is 3.57. The van der Waals surface area contributed by atoms with Crippen molar-refractivity contribution in [1.29, 1.82) is 0 Å². The normalized spacial score (nSPS) is 13.2. The molecule has 0 amide bonds. The van der Waals surface area contributed by atoms with Crippen molar-refractivity contribution < 1.29 is 0 Å². The maximum absolute atomic E-state index is 4.24. The molecule has 2 heterocycles. The summed E-state index contributed by atoms with van der Waals surface area (Å²) in [5.41, 5.74) is 3.54. The number of nitrogens with one attached hydrogen (secondary N) is 2. The molecular formula is C14H21N3S. The second-order valence-corrected chi connectivity index (χ2v) is 6.01. The Balaban J connectivity index is 2.07. The monoisotopic (exact) mass is 263 g/mol. The van der Waals surface area contributed by atoms with Gasteiger partial charge >= 0.3 is 0 Å². The third kappa shape index (κ3) is 2.82. The average molecular weight is 263 g/mol. The summed E-state index contributed by atoms with van der Waals surface area (Å²) in [5, 5.41) is 13.1. The van der Waals surface area contributed by atoms with E-state index in [4.69, 9.17) is 0 Å². The third-order valence-electron chi connectivity index (χ3n) is 3.30. The van der Waals surface area contributed by atoms with Crippen molar-refractivity contribution in [2.45, 2.75) is 40.3 Å². The van der Waals surface area contributed by atoms with E-state index < -0.39 is 0 Å². The minimum absolute atomic E-state index is 0.415. The van der Waals surface area contributed by atoms with E-state index in [1.165, 1.54) is 10.4 Å². The van der Waals surface area contributed by atoms with Gasteiger partial charge in [-0.05, 0) is 31.2 Å². The molecule has 18 heavy (non-hydrogen) atoms. The molecule has 1 unspecified atom stereocenters. The van der Waals surface area contributed by atoms with Crippen molar-refractivity contribution in [3.8, 4) is 0 Å². The molecule has 3 nitrogen and oxygen atoms in total. The molecular weight excluding hydrogens is 242 g/mol. The smallest absolute Gasteiger partial charge is 0.0638 e. The Morgan fingerprint density at radius 2 is 2.17 bits per heavy atom. The summed E-state index contributed by atoms with van der Waals surface area (Å²) in [5.74, 6) is 0.580. The van der Waals surface area contributed by atoms with Gasteiger partial charge in [0, 0.05) is 28.7 Å². The second-order valence-electron chi connectivity index (χ2n) is 5.03. The van der Waals surface area contributed by atoms with Crippen LogP contribution in [0.1, 0.15) is 41.7 Å². The Hall–Kier alpha value is -1.13. The molecule has 0 saturated carbocycles. The molecule has 0 radical (unpaired) electrons. The summed E-state index contributed by atoms with van der Waals surface area (Å²) >= 11 is 1.82. The fourth-order valence-corrected chi connectivity index (χ4v) is 3.15. The van der Waals surface area contributed by atoms with Crippen LogP contribution in [-0.4, -0.2) is 10.2 Å². The zero-order chi connectivity index (χ0) is 13.1. The lowest BCUT2D eigenvalue weighted by molar-refractivity contribution is 0.416. The highest BCUT2D eigenvalue weighted by atomic mass is 32.1. The molecule has 1 atom stereocenters. The number of aryl methyl sites for hydroxylation is 2. The lowest BCUT2D eigenvalue weighted by Crippen LogP contribution is -2.25. The van der Waals surface area contributed by atoms with Crippen molar-refractivity contribution in [3.05, 3.63) is 39.3 Å². The Morgan fingerprint density at radius 3 is 2.67 bits per heavy atom. The first-order chi connectivity index (χ1) is 8.59. The maximum Gasteiger partial charge on any atom is 0.0638 e. The van der Waals surface area contributed by atoms with Crippen molar-refractivity contribution in [3.63, 3.8) is 0 Å². The lowest BCUT2D eigenvalue weighted by Gasteiger charge is -2.21. The molecule has 0 spiro atoms. The van der Waals surface area contributed by atoms with Crippen LogP contribution in [0.2, 0.25) is 0 Å². The minimum Gasteiger partial charge on any atom is -0.305 e. The fraction of sp³-hybridized carbons (Fsp3) is 0.500. The lowest BCUT2D eigenvalue weighted by atomic mass is 10.0. The molecule has 0 fully saturated rings. The van der Waals surface area contributed by atoms with E-state index in [9.17, 15) is 0 Å². The van der Waals surface area contributed by atoms with Gasteiger partial charge in [0.15, 0.2) is 0 Å².